The Morgan fingerprint density at radius 1 is 1.30 bits per heavy atom. The molecule has 0 unspecified atom stereocenters. The Labute approximate surface area is 175 Å². The molecule has 1 aromatic carbocycles. The van der Waals surface area contributed by atoms with E-state index in [4.69, 9.17) is 9.47 Å². The van der Waals surface area contributed by atoms with Gasteiger partial charge in [-0.3, -0.25) is 4.79 Å². The van der Waals surface area contributed by atoms with E-state index in [9.17, 15) is 10.1 Å². The van der Waals surface area contributed by atoms with Gasteiger partial charge in [0.15, 0.2) is 11.5 Å². The van der Waals surface area contributed by atoms with Crippen molar-refractivity contribution in [1.29, 1.82) is 5.26 Å². The van der Waals surface area contributed by atoms with Gasteiger partial charge in [0.2, 0.25) is 0 Å². The van der Waals surface area contributed by atoms with E-state index in [1.165, 1.54) is 6.42 Å². The molecule has 146 valence electrons. The minimum atomic E-state index is -0.302. The van der Waals surface area contributed by atoms with Crippen LogP contribution in [0.2, 0.25) is 0 Å². The summed E-state index contributed by atoms with van der Waals surface area (Å²) in [6.07, 6.45) is 7.98. The zero-order chi connectivity index (χ0) is 19.6. The Hall–Kier alpha value is -1.75. The van der Waals surface area contributed by atoms with Gasteiger partial charge in [-0.05, 0) is 72.5 Å². The summed E-state index contributed by atoms with van der Waals surface area (Å²) in [7, 11) is 0. The predicted octanol–water partition coefficient (Wildman–Crippen LogP) is 4.83. The largest absolute Gasteiger partial charge is 0.490 e. The molecule has 1 N–H and O–H groups in total. The first-order chi connectivity index (χ1) is 13.1. The minimum absolute atomic E-state index is 0.112. The van der Waals surface area contributed by atoms with E-state index in [1.807, 2.05) is 25.1 Å². The lowest BCUT2D eigenvalue weighted by Gasteiger charge is -2.22. The summed E-state index contributed by atoms with van der Waals surface area (Å²) in [4.78, 5) is 12.5. The van der Waals surface area contributed by atoms with E-state index in [1.54, 1.807) is 6.08 Å². The number of ether oxygens (including phenoxy) is 2. The highest BCUT2D eigenvalue weighted by molar-refractivity contribution is 14.1. The number of hydrogen-bond acceptors (Lipinski definition) is 4. The standard InChI is InChI=1S/C21H27IN2O3/c1-3-10-27-20-18(22)12-15(13-19(20)26-4-2)11-16(14-23)21(25)24-17-8-6-5-7-9-17/h11-13,17H,3-10H2,1-2H3,(H,24,25)/b16-11-. The molecule has 1 aliphatic carbocycles. The molecule has 1 amide bonds. The van der Waals surface area contributed by atoms with Crippen molar-refractivity contribution < 1.29 is 14.3 Å². The number of amides is 1. The maximum absolute atomic E-state index is 12.5. The number of benzene rings is 1. The van der Waals surface area contributed by atoms with Crippen LogP contribution in [0.4, 0.5) is 0 Å². The van der Waals surface area contributed by atoms with Gasteiger partial charge < -0.3 is 14.8 Å². The molecule has 5 nitrogen and oxygen atoms in total. The Morgan fingerprint density at radius 2 is 2.04 bits per heavy atom. The molecule has 27 heavy (non-hydrogen) atoms. The summed E-state index contributed by atoms with van der Waals surface area (Å²) in [6, 6.07) is 5.93. The second-order valence-electron chi connectivity index (χ2n) is 6.59. The Bertz CT molecular complexity index is 719. The number of carbonyl (C=O) groups is 1. The molecule has 0 heterocycles. The molecular weight excluding hydrogens is 455 g/mol. The van der Waals surface area contributed by atoms with Crippen LogP contribution in [0.25, 0.3) is 6.08 Å². The van der Waals surface area contributed by atoms with Gasteiger partial charge in [0.1, 0.15) is 11.6 Å². The van der Waals surface area contributed by atoms with Crippen molar-refractivity contribution in [1.82, 2.24) is 5.32 Å². The molecule has 0 bridgehead atoms. The van der Waals surface area contributed by atoms with Gasteiger partial charge in [-0.15, -0.1) is 0 Å². The van der Waals surface area contributed by atoms with Gasteiger partial charge in [0.05, 0.1) is 16.8 Å². The third-order valence-corrected chi connectivity index (χ3v) is 5.20. The molecule has 2 rings (SSSR count). The van der Waals surface area contributed by atoms with Crippen LogP contribution in [0.3, 0.4) is 0 Å². The van der Waals surface area contributed by atoms with E-state index < -0.39 is 0 Å². The van der Waals surface area contributed by atoms with Crippen molar-refractivity contribution in [3.8, 4) is 17.6 Å². The molecule has 1 aromatic rings. The highest BCUT2D eigenvalue weighted by Gasteiger charge is 2.19. The summed E-state index contributed by atoms with van der Waals surface area (Å²) < 4.78 is 12.4. The normalized spacial score (nSPS) is 15.1. The molecule has 0 aromatic heterocycles. The first-order valence-electron chi connectivity index (χ1n) is 9.60. The van der Waals surface area contributed by atoms with Crippen molar-refractivity contribution >= 4 is 34.6 Å². The molecule has 0 aliphatic heterocycles. The molecular formula is C21H27IN2O3. The van der Waals surface area contributed by atoms with Crippen LogP contribution < -0.4 is 14.8 Å². The number of nitrogens with zero attached hydrogens (tertiary/aromatic N) is 1. The lowest BCUT2D eigenvalue weighted by molar-refractivity contribution is -0.117. The molecule has 0 atom stereocenters. The van der Waals surface area contributed by atoms with E-state index >= 15 is 0 Å². The third kappa shape index (κ3) is 6.42. The smallest absolute Gasteiger partial charge is 0.262 e. The van der Waals surface area contributed by atoms with Gasteiger partial charge in [-0.1, -0.05) is 26.2 Å². The van der Waals surface area contributed by atoms with Gasteiger partial charge in [0.25, 0.3) is 5.91 Å². The van der Waals surface area contributed by atoms with E-state index in [2.05, 4.69) is 34.8 Å². The molecule has 0 saturated heterocycles. The summed E-state index contributed by atoms with van der Waals surface area (Å²) in [5.74, 6) is 1.04. The zero-order valence-corrected chi connectivity index (χ0v) is 18.2. The Morgan fingerprint density at radius 3 is 2.67 bits per heavy atom. The lowest BCUT2D eigenvalue weighted by Crippen LogP contribution is -2.36. The second kappa shape index (κ2) is 11.2. The first kappa shape index (κ1) is 21.5. The van der Waals surface area contributed by atoms with Crippen LogP contribution in [0.1, 0.15) is 57.9 Å². The van der Waals surface area contributed by atoms with Crippen molar-refractivity contribution in [3.63, 3.8) is 0 Å². The third-order valence-electron chi connectivity index (χ3n) is 4.40. The van der Waals surface area contributed by atoms with Crippen LogP contribution in [-0.4, -0.2) is 25.2 Å². The number of halogens is 1. The molecule has 1 saturated carbocycles. The molecule has 1 aliphatic rings. The predicted molar refractivity (Wildman–Crippen MR) is 115 cm³/mol. The summed E-state index contributed by atoms with van der Waals surface area (Å²) in [6.45, 7) is 5.09. The van der Waals surface area contributed by atoms with Crippen LogP contribution >= 0.6 is 22.6 Å². The van der Waals surface area contributed by atoms with Crippen LogP contribution in [0.5, 0.6) is 11.5 Å². The SMILES string of the molecule is CCCOc1c(I)cc(/C=C(/C#N)C(=O)NC2CCCCC2)cc1OCC. The average molecular weight is 482 g/mol. The summed E-state index contributed by atoms with van der Waals surface area (Å²) in [5.41, 5.74) is 0.864. The van der Waals surface area contributed by atoms with Crippen molar-refractivity contribution in [2.45, 2.75) is 58.4 Å². The van der Waals surface area contributed by atoms with E-state index in [0.717, 1.165) is 41.2 Å². The quantitative estimate of drug-likeness (QED) is 0.327. The van der Waals surface area contributed by atoms with E-state index in [0.29, 0.717) is 24.7 Å². The number of rotatable bonds is 8. The highest BCUT2D eigenvalue weighted by atomic mass is 127. The zero-order valence-electron chi connectivity index (χ0n) is 16.0. The fraction of sp³-hybridized carbons (Fsp3) is 0.524. The lowest BCUT2D eigenvalue weighted by atomic mass is 9.95. The van der Waals surface area contributed by atoms with Gasteiger partial charge in [0, 0.05) is 6.04 Å². The monoisotopic (exact) mass is 482 g/mol. The van der Waals surface area contributed by atoms with Gasteiger partial charge >= 0.3 is 0 Å². The number of carbonyl (C=O) groups excluding carboxylic acids is 1. The molecule has 6 heteroatoms. The Balaban J connectivity index is 2.23. The average Bonchev–Trinajstić information content (AvgIpc) is 2.66. The fourth-order valence-corrected chi connectivity index (χ4v) is 3.88. The first-order valence-corrected chi connectivity index (χ1v) is 10.7. The maximum Gasteiger partial charge on any atom is 0.262 e. The second-order valence-corrected chi connectivity index (χ2v) is 7.75. The van der Waals surface area contributed by atoms with Crippen LogP contribution in [0.15, 0.2) is 17.7 Å². The van der Waals surface area contributed by atoms with Gasteiger partial charge in [-0.2, -0.15) is 5.26 Å². The van der Waals surface area contributed by atoms with Crippen molar-refractivity contribution in [2.24, 2.45) is 0 Å². The van der Waals surface area contributed by atoms with Crippen LogP contribution in [0, 0.1) is 14.9 Å². The Kier molecular flexibility index (Phi) is 8.92. The highest BCUT2D eigenvalue weighted by Crippen LogP contribution is 2.35. The molecule has 0 spiro atoms. The molecule has 0 radical (unpaired) electrons. The molecule has 1 fully saturated rings. The minimum Gasteiger partial charge on any atom is -0.490 e. The topological polar surface area (TPSA) is 71.3 Å². The number of nitriles is 1. The van der Waals surface area contributed by atoms with Crippen LogP contribution in [-0.2, 0) is 4.79 Å². The fourth-order valence-electron chi connectivity index (χ4n) is 3.10. The van der Waals surface area contributed by atoms with Crippen molar-refractivity contribution in [2.75, 3.05) is 13.2 Å². The van der Waals surface area contributed by atoms with Crippen molar-refractivity contribution in [3.05, 3.63) is 26.8 Å². The summed E-state index contributed by atoms with van der Waals surface area (Å²) in [5, 5.41) is 12.5. The maximum atomic E-state index is 12.5. The summed E-state index contributed by atoms with van der Waals surface area (Å²) >= 11 is 2.19. The van der Waals surface area contributed by atoms with E-state index in [-0.39, 0.29) is 17.5 Å². The van der Waals surface area contributed by atoms with Gasteiger partial charge in [-0.25, -0.2) is 0 Å². The number of hydrogen-bond donors (Lipinski definition) is 1. The number of nitrogens with one attached hydrogen (secondary N) is 1.